The van der Waals surface area contributed by atoms with Crippen molar-refractivity contribution >= 4 is 0 Å². The molecule has 0 spiro atoms. The third-order valence-corrected chi connectivity index (χ3v) is 2.76. The van der Waals surface area contributed by atoms with E-state index < -0.39 is 0 Å². The highest BCUT2D eigenvalue weighted by Gasteiger charge is 2.55. The molecule has 2 fully saturated rings. The van der Waals surface area contributed by atoms with Crippen LogP contribution < -0.4 is 0 Å². The first-order valence-electron chi connectivity index (χ1n) is 4.19. The molecule has 0 N–H and O–H groups in total. The Morgan fingerprint density at radius 2 is 2.55 bits per heavy atom. The summed E-state index contributed by atoms with van der Waals surface area (Å²) in [4.78, 5) is 0. The molecule has 0 bridgehead atoms. The van der Waals surface area contributed by atoms with Gasteiger partial charge < -0.3 is 9.47 Å². The predicted molar refractivity (Wildman–Crippen MR) is 42.2 cm³/mol. The van der Waals surface area contributed by atoms with Crippen molar-refractivity contribution in [2.24, 2.45) is 0 Å². The highest BCUT2D eigenvalue weighted by atomic mass is 16.6. The molecule has 1 heterocycles. The first-order chi connectivity index (χ1) is 5.24. The Balaban J connectivity index is 1.88. The quantitative estimate of drug-likeness (QED) is 0.447. The molecule has 2 aliphatic rings. The number of hydrogen-bond acceptors (Lipinski definition) is 2. The molecule has 2 heteroatoms. The highest BCUT2D eigenvalue weighted by molar-refractivity contribution is 5.04. The van der Waals surface area contributed by atoms with Gasteiger partial charge in [0.05, 0.1) is 18.0 Å². The van der Waals surface area contributed by atoms with Crippen molar-refractivity contribution in [2.45, 2.75) is 44.0 Å². The highest BCUT2D eigenvalue weighted by Crippen LogP contribution is 2.47. The van der Waals surface area contributed by atoms with E-state index in [1.54, 1.807) is 0 Å². The van der Waals surface area contributed by atoms with E-state index in [1.807, 2.05) is 0 Å². The molecular formula is C9H14O2. The van der Waals surface area contributed by atoms with Crippen LogP contribution in [0.4, 0.5) is 0 Å². The largest absolute Gasteiger partial charge is 0.499 e. The second-order valence-corrected chi connectivity index (χ2v) is 3.62. The Hall–Kier alpha value is -0.500. The van der Waals surface area contributed by atoms with Gasteiger partial charge in [0, 0.05) is 6.42 Å². The summed E-state index contributed by atoms with van der Waals surface area (Å²) < 4.78 is 10.8. The number of hydrogen-bond donors (Lipinski definition) is 0. The van der Waals surface area contributed by atoms with E-state index in [4.69, 9.17) is 9.47 Å². The maximum atomic E-state index is 5.53. The molecule has 1 aliphatic carbocycles. The summed E-state index contributed by atoms with van der Waals surface area (Å²) in [5.41, 5.74) is 0.209. The van der Waals surface area contributed by atoms with Crippen LogP contribution in [0.25, 0.3) is 0 Å². The van der Waals surface area contributed by atoms with Crippen molar-refractivity contribution < 1.29 is 9.47 Å². The fourth-order valence-corrected chi connectivity index (χ4v) is 1.87. The minimum absolute atomic E-state index is 0.209. The molecule has 2 rings (SSSR count). The van der Waals surface area contributed by atoms with Gasteiger partial charge in [-0.1, -0.05) is 6.58 Å². The molecule has 0 aromatic rings. The monoisotopic (exact) mass is 154 g/mol. The Morgan fingerprint density at radius 3 is 3.18 bits per heavy atom. The number of rotatable bonds is 2. The number of ether oxygens (including phenoxy) is 2. The topological polar surface area (TPSA) is 21.8 Å². The predicted octanol–water partition coefficient (Wildman–Crippen LogP) is 1.86. The van der Waals surface area contributed by atoms with E-state index in [2.05, 4.69) is 13.5 Å². The molecule has 0 amide bonds. The van der Waals surface area contributed by atoms with Gasteiger partial charge in [0.2, 0.25) is 0 Å². The van der Waals surface area contributed by atoms with Gasteiger partial charge in [-0.25, -0.2) is 0 Å². The Labute approximate surface area is 67.2 Å². The van der Waals surface area contributed by atoms with Crippen molar-refractivity contribution in [3.05, 3.63) is 12.8 Å². The van der Waals surface area contributed by atoms with Crippen molar-refractivity contribution in [3.63, 3.8) is 0 Å². The van der Waals surface area contributed by atoms with Crippen molar-refractivity contribution in [2.75, 3.05) is 0 Å². The third kappa shape index (κ3) is 1.16. The smallest absolute Gasteiger partial charge is 0.100 e. The average Bonchev–Trinajstić information content (AvgIpc) is 2.61. The first kappa shape index (κ1) is 7.17. The van der Waals surface area contributed by atoms with Gasteiger partial charge in [-0.15, -0.1) is 0 Å². The van der Waals surface area contributed by atoms with Crippen LogP contribution in [0.2, 0.25) is 0 Å². The van der Waals surface area contributed by atoms with Gasteiger partial charge >= 0.3 is 0 Å². The summed E-state index contributed by atoms with van der Waals surface area (Å²) >= 11 is 0. The average molecular weight is 154 g/mol. The number of epoxide rings is 1. The lowest BCUT2D eigenvalue weighted by molar-refractivity contribution is 0.109. The Bertz CT molecular complexity index is 178. The third-order valence-electron chi connectivity index (χ3n) is 2.76. The van der Waals surface area contributed by atoms with E-state index in [-0.39, 0.29) is 5.60 Å². The van der Waals surface area contributed by atoms with Gasteiger partial charge in [-0.2, -0.15) is 0 Å². The summed E-state index contributed by atoms with van der Waals surface area (Å²) in [6, 6.07) is 0. The molecule has 3 unspecified atom stereocenters. The second kappa shape index (κ2) is 2.24. The minimum Gasteiger partial charge on any atom is -0.499 e. The van der Waals surface area contributed by atoms with Crippen LogP contribution in [0.3, 0.4) is 0 Å². The van der Waals surface area contributed by atoms with Crippen LogP contribution in [-0.4, -0.2) is 17.8 Å². The van der Waals surface area contributed by atoms with Crippen molar-refractivity contribution in [3.8, 4) is 0 Å². The molecule has 1 saturated carbocycles. The number of fused-ring (bicyclic) bond motifs is 1. The van der Waals surface area contributed by atoms with Crippen LogP contribution in [-0.2, 0) is 9.47 Å². The lowest BCUT2D eigenvalue weighted by Crippen LogP contribution is -2.25. The van der Waals surface area contributed by atoms with Crippen LogP contribution in [0, 0.1) is 0 Å². The molecule has 1 aliphatic heterocycles. The van der Waals surface area contributed by atoms with Gasteiger partial charge in [-0.3, -0.25) is 0 Å². The summed E-state index contributed by atoms with van der Waals surface area (Å²) in [5, 5.41) is 0. The van der Waals surface area contributed by atoms with Gasteiger partial charge in [0.25, 0.3) is 0 Å². The minimum atomic E-state index is 0.209. The first-order valence-corrected chi connectivity index (χ1v) is 4.19. The summed E-state index contributed by atoms with van der Waals surface area (Å²) in [6.45, 7) is 5.73. The van der Waals surface area contributed by atoms with E-state index >= 15 is 0 Å². The molecule has 1 saturated heterocycles. The van der Waals surface area contributed by atoms with E-state index in [9.17, 15) is 0 Å². The van der Waals surface area contributed by atoms with Crippen LogP contribution in [0.5, 0.6) is 0 Å². The van der Waals surface area contributed by atoms with Gasteiger partial charge in [0.15, 0.2) is 0 Å². The van der Waals surface area contributed by atoms with E-state index in [0.29, 0.717) is 12.2 Å². The molecular weight excluding hydrogens is 140 g/mol. The molecule has 0 aromatic heterocycles. The van der Waals surface area contributed by atoms with Crippen LogP contribution in [0.1, 0.15) is 26.2 Å². The zero-order valence-electron chi connectivity index (χ0n) is 6.88. The van der Waals surface area contributed by atoms with Crippen molar-refractivity contribution in [1.82, 2.24) is 0 Å². The summed E-state index contributed by atoms with van der Waals surface area (Å²) in [6.07, 6.45) is 5.64. The van der Waals surface area contributed by atoms with E-state index in [1.165, 1.54) is 6.26 Å². The summed E-state index contributed by atoms with van der Waals surface area (Å²) in [7, 11) is 0. The molecule has 62 valence electrons. The molecule has 0 radical (unpaired) electrons. The van der Waals surface area contributed by atoms with Crippen LogP contribution >= 0.6 is 0 Å². The van der Waals surface area contributed by atoms with Gasteiger partial charge in [-0.05, 0) is 19.8 Å². The molecule has 11 heavy (non-hydrogen) atoms. The molecule has 3 atom stereocenters. The second-order valence-electron chi connectivity index (χ2n) is 3.62. The zero-order chi connectivity index (χ0) is 7.90. The van der Waals surface area contributed by atoms with Crippen molar-refractivity contribution in [1.29, 1.82) is 0 Å². The van der Waals surface area contributed by atoms with Gasteiger partial charge in [0.1, 0.15) is 6.10 Å². The SMILES string of the molecule is C=COC1CCC2(C)OC2C1. The fraction of sp³-hybridized carbons (Fsp3) is 0.778. The Kier molecular flexibility index (Phi) is 1.46. The van der Waals surface area contributed by atoms with E-state index in [0.717, 1.165) is 19.3 Å². The Morgan fingerprint density at radius 1 is 1.73 bits per heavy atom. The lowest BCUT2D eigenvalue weighted by Gasteiger charge is -2.21. The maximum Gasteiger partial charge on any atom is 0.100 e. The lowest BCUT2D eigenvalue weighted by atomic mass is 9.89. The van der Waals surface area contributed by atoms with Crippen LogP contribution in [0.15, 0.2) is 12.8 Å². The fourth-order valence-electron chi connectivity index (χ4n) is 1.87. The standard InChI is InChI=1S/C9H14O2/c1-3-10-7-4-5-9(2)8(6-7)11-9/h3,7-8H,1,4-6H2,2H3. The summed E-state index contributed by atoms with van der Waals surface area (Å²) in [5.74, 6) is 0. The zero-order valence-corrected chi connectivity index (χ0v) is 6.88. The molecule has 0 aromatic carbocycles. The normalized spacial score (nSPS) is 47.7. The molecule has 2 nitrogen and oxygen atoms in total. The maximum absolute atomic E-state index is 5.53.